The lowest BCUT2D eigenvalue weighted by Gasteiger charge is -2.12. The highest BCUT2D eigenvalue weighted by Gasteiger charge is 2.13. The highest BCUT2D eigenvalue weighted by molar-refractivity contribution is 9.10. The van der Waals surface area contributed by atoms with E-state index in [1.165, 1.54) is 41.0 Å². The summed E-state index contributed by atoms with van der Waals surface area (Å²) in [5.41, 5.74) is 10.7. The van der Waals surface area contributed by atoms with E-state index in [0.29, 0.717) is 81.9 Å². The van der Waals surface area contributed by atoms with Gasteiger partial charge in [-0.1, -0.05) is 334 Å². The Balaban J connectivity index is 0.000000693. The van der Waals surface area contributed by atoms with Crippen molar-refractivity contribution < 1.29 is 53.4 Å². The number of phenols is 3. The molecule has 0 aromatic heterocycles. The summed E-state index contributed by atoms with van der Waals surface area (Å²) in [6.07, 6.45) is 37.6. The molecule has 660 valence electrons. The van der Waals surface area contributed by atoms with Gasteiger partial charge in [-0.15, -0.1) is 0 Å². The number of ether oxygens (including phenoxy) is 7. The van der Waals surface area contributed by atoms with Gasteiger partial charge in [0.15, 0.2) is 40.2 Å². The Kier molecular flexibility index (Phi) is 56.2. The molecular weight excluding hydrogens is 1620 g/mol. The molecule has 0 aliphatic heterocycles. The minimum absolute atomic E-state index is 0.0779. The Morgan fingerprint density at radius 2 is 0.626 bits per heavy atom. The van der Waals surface area contributed by atoms with Crippen LogP contribution < -0.4 is 33.2 Å². The van der Waals surface area contributed by atoms with Crippen LogP contribution in [0.5, 0.6) is 57.5 Å². The van der Waals surface area contributed by atoms with Crippen molar-refractivity contribution in [1.29, 1.82) is 0 Å². The molecule has 0 spiro atoms. The van der Waals surface area contributed by atoms with Crippen LogP contribution in [0.15, 0.2) is 247 Å². The van der Waals surface area contributed by atoms with Crippen molar-refractivity contribution in [2.24, 2.45) is 53.3 Å². The van der Waals surface area contributed by atoms with Gasteiger partial charge in [0.05, 0.1) is 61.3 Å². The molecule has 0 saturated heterocycles. The fourth-order valence-corrected chi connectivity index (χ4v) is 9.95. The van der Waals surface area contributed by atoms with Crippen molar-refractivity contribution in [3.8, 4) is 57.5 Å². The number of nitro groups is 1. The predicted octanol–water partition coefficient (Wildman–Crippen LogP) is 31.3. The second-order valence-corrected chi connectivity index (χ2v) is 32.5. The fourth-order valence-electron chi connectivity index (χ4n) is 9.56. The fraction of sp³-hybridized carbons (Fsp3) is 0.318. The first-order chi connectivity index (χ1) is 58.4. The molecule has 16 heteroatoms. The maximum atomic E-state index is 10.4. The SMILES string of the molecule is CC(C)/C=C/c1ccc(Br)cc1.CC(C)/C=C/c1ccc(Cl)cc1.CC(C)/C=C/c1ccc(O)c(O)c1.CC(C)/C=C/c1ccc([N+](=O)[O-])cc1.COc1cc(/C=C/C(C)C)cc(OC)c1OC.COc1cc(/C=C/C(C)C)ccc1O.COc1ccc(/C=C/C(C)C)cc1.COc1ccc(OC)c(/C=C/C(C)C)c1.[C-]#[N+]c1ccc(/C=C/C(C)C)cc1. The number of benzene rings is 9. The number of nitrogens with zero attached hydrogens (tertiary/aromatic N) is 2. The van der Waals surface area contributed by atoms with Crippen LogP contribution in [-0.4, -0.2) is 70.0 Å². The number of non-ortho nitro benzene ring substituents is 1. The molecule has 0 heterocycles. The number of aromatic hydroxyl groups is 3. The first kappa shape index (κ1) is 109. The Hall–Kier alpha value is -11.7. The summed E-state index contributed by atoms with van der Waals surface area (Å²) in [7, 11) is 11.4. The van der Waals surface area contributed by atoms with Crippen LogP contribution in [0.1, 0.15) is 175 Å². The molecule has 0 amide bonds. The first-order valence-electron chi connectivity index (χ1n) is 41.3. The van der Waals surface area contributed by atoms with E-state index in [4.69, 9.17) is 56.4 Å². The summed E-state index contributed by atoms with van der Waals surface area (Å²) in [6.45, 7) is 45.2. The van der Waals surface area contributed by atoms with Gasteiger partial charge in [-0.2, -0.15) is 0 Å². The quantitative estimate of drug-likeness (QED) is 0.0203. The third kappa shape index (κ3) is 51.6. The zero-order valence-electron chi connectivity index (χ0n) is 77.2. The zero-order chi connectivity index (χ0) is 92.4. The Morgan fingerprint density at radius 3 is 0.967 bits per heavy atom. The predicted molar refractivity (Wildman–Crippen MR) is 529 cm³/mol. The molecular formula is C107H136BrClN2O12. The molecule has 0 saturated carbocycles. The van der Waals surface area contributed by atoms with Crippen LogP contribution in [0.3, 0.4) is 0 Å². The van der Waals surface area contributed by atoms with E-state index in [-0.39, 0.29) is 22.9 Å². The largest absolute Gasteiger partial charge is 0.504 e. The zero-order valence-corrected chi connectivity index (χ0v) is 79.5. The van der Waals surface area contributed by atoms with E-state index in [9.17, 15) is 20.3 Å². The lowest BCUT2D eigenvalue weighted by Crippen LogP contribution is -1.95. The summed E-state index contributed by atoms with van der Waals surface area (Å²) in [6, 6.07) is 58.1. The van der Waals surface area contributed by atoms with Crippen LogP contribution in [0.2, 0.25) is 5.02 Å². The standard InChI is InChI=1S/C14H20O3.C13H18O2.C12H13N.C12H16O2.C12H16O.C11H13Br.C11H13Cl.C11H13NO2.C11H14O2/c1-10(2)6-7-11-8-12(15-3)14(17-5)13(9-11)16-4;1-10(2)5-6-11-9-12(14-3)7-8-13(11)15-4;1-10(2)4-5-11-6-8-12(13-3)9-7-11;1-9(2)4-5-10-6-7-11(13)12(8-10)14-3;1-10(2)4-5-11-6-8-12(13-3)9-7-11;2*1-9(2)3-4-10-5-7-11(12)8-6-10;1-9(2)3-4-10-5-7-11(8-6-10)12(13)14;1-8(2)3-4-9-5-6-10(12)11(13)7-9/h6-10H,1-5H3;5-10H,1-4H3;4-10H,1-2H3;4-9,13H,1-3H3;4-10H,1-3H3;2*3-9H,1-2H3;3-9H,1-2H3;3-8,12-13H,1-2H3/b7-6+;6-5+;3*5-4+;4*4-3+. The van der Waals surface area contributed by atoms with E-state index in [1.54, 1.807) is 74.0 Å². The monoisotopic (exact) mass is 1750 g/mol. The molecule has 123 heavy (non-hydrogen) atoms. The maximum absolute atomic E-state index is 10.4. The molecule has 14 nitrogen and oxygen atoms in total. The average molecular weight is 1760 g/mol. The van der Waals surface area contributed by atoms with Crippen LogP contribution >= 0.6 is 27.5 Å². The second kappa shape index (κ2) is 63.3. The molecule has 0 aliphatic carbocycles. The van der Waals surface area contributed by atoms with Crippen LogP contribution in [0, 0.1) is 69.9 Å². The highest BCUT2D eigenvalue weighted by Crippen LogP contribution is 2.39. The molecule has 9 aromatic carbocycles. The summed E-state index contributed by atoms with van der Waals surface area (Å²) in [5, 5.41) is 38.7. The van der Waals surface area contributed by atoms with E-state index in [2.05, 4.69) is 267 Å². The van der Waals surface area contributed by atoms with E-state index in [0.717, 1.165) is 60.1 Å². The number of rotatable bonds is 26. The van der Waals surface area contributed by atoms with Gasteiger partial charge in [-0.3, -0.25) is 10.1 Å². The van der Waals surface area contributed by atoms with Crippen molar-refractivity contribution in [3.63, 3.8) is 0 Å². The van der Waals surface area contributed by atoms with E-state index in [1.807, 2.05) is 127 Å². The maximum Gasteiger partial charge on any atom is 0.269 e. The molecule has 0 unspecified atom stereocenters. The van der Waals surface area contributed by atoms with Gasteiger partial charge in [-0.25, -0.2) is 4.85 Å². The van der Waals surface area contributed by atoms with E-state index >= 15 is 0 Å². The van der Waals surface area contributed by atoms with Crippen LogP contribution in [0.25, 0.3) is 59.5 Å². The summed E-state index contributed by atoms with van der Waals surface area (Å²) in [5.74, 6) is 10.0. The number of allylic oxidation sites excluding steroid dienone is 9. The van der Waals surface area contributed by atoms with Gasteiger partial charge in [0.2, 0.25) is 5.75 Å². The average Bonchev–Trinajstić information content (AvgIpc) is 0.874. The normalized spacial score (nSPS) is 11.1. The lowest BCUT2D eigenvalue weighted by molar-refractivity contribution is -0.384. The van der Waals surface area contributed by atoms with Gasteiger partial charge in [0.1, 0.15) is 17.2 Å². The molecule has 3 N–H and O–H groups in total. The molecule has 0 fully saturated rings. The third-order valence-electron chi connectivity index (χ3n) is 16.4. The molecule has 0 bridgehead atoms. The number of hydrogen-bond acceptors (Lipinski definition) is 12. The minimum Gasteiger partial charge on any atom is -0.504 e. The van der Waals surface area contributed by atoms with Gasteiger partial charge in [0, 0.05) is 27.2 Å². The number of nitro benzene ring substituents is 1. The van der Waals surface area contributed by atoms with Crippen molar-refractivity contribution in [2.75, 3.05) is 49.8 Å². The Labute approximate surface area is 751 Å². The van der Waals surface area contributed by atoms with E-state index < -0.39 is 4.92 Å². The number of phenolic OH excluding ortho intramolecular Hbond substituents is 3. The Morgan fingerprint density at radius 1 is 0.325 bits per heavy atom. The van der Waals surface area contributed by atoms with Crippen molar-refractivity contribution in [3.05, 3.63) is 324 Å². The molecule has 9 rings (SSSR count). The third-order valence-corrected chi connectivity index (χ3v) is 17.1. The van der Waals surface area contributed by atoms with Gasteiger partial charge in [0.25, 0.3) is 5.69 Å². The topological polar surface area (TPSA) is 173 Å². The van der Waals surface area contributed by atoms with Gasteiger partial charge < -0.3 is 48.5 Å². The minimum atomic E-state index is -0.393. The summed E-state index contributed by atoms with van der Waals surface area (Å²) < 4.78 is 37.5. The summed E-state index contributed by atoms with van der Waals surface area (Å²) in [4.78, 5) is 13.3. The smallest absolute Gasteiger partial charge is 0.269 e. The van der Waals surface area contributed by atoms with Crippen LogP contribution in [0.4, 0.5) is 11.4 Å². The number of methoxy groups -OCH3 is 7. The van der Waals surface area contributed by atoms with Crippen molar-refractivity contribution >= 4 is 93.6 Å². The molecule has 9 aromatic rings. The summed E-state index contributed by atoms with van der Waals surface area (Å²) >= 11 is 9.15. The van der Waals surface area contributed by atoms with Crippen molar-refractivity contribution in [2.45, 2.75) is 125 Å². The first-order valence-corrected chi connectivity index (χ1v) is 42.5. The van der Waals surface area contributed by atoms with Crippen LogP contribution in [-0.2, 0) is 0 Å². The highest BCUT2D eigenvalue weighted by atomic mass is 79.9. The lowest BCUT2D eigenvalue weighted by atomic mass is 10.1. The second-order valence-electron chi connectivity index (χ2n) is 31.1. The van der Waals surface area contributed by atoms with Crippen molar-refractivity contribution in [1.82, 2.24) is 0 Å². The molecule has 0 radical (unpaired) electrons. The number of hydrogen-bond donors (Lipinski definition) is 3. The number of halogens is 2. The van der Waals surface area contributed by atoms with Gasteiger partial charge in [-0.05, 0) is 201 Å². The Bertz CT molecular complexity index is 4670. The molecule has 0 aliphatic rings. The van der Waals surface area contributed by atoms with Gasteiger partial charge >= 0.3 is 0 Å². The molecule has 0 atom stereocenters.